The van der Waals surface area contributed by atoms with Gasteiger partial charge in [-0.2, -0.15) is 0 Å². The number of aliphatic carboxylic acids is 1. The van der Waals surface area contributed by atoms with Crippen LogP contribution in [0.1, 0.15) is 13.3 Å². The summed E-state index contributed by atoms with van der Waals surface area (Å²) in [6.45, 7) is 3.11. The summed E-state index contributed by atoms with van der Waals surface area (Å²) in [5.74, 6) is -0.870. The molecule has 1 aliphatic rings. The summed E-state index contributed by atoms with van der Waals surface area (Å²) in [5, 5.41) is 14.6. The summed E-state index contributed by atoms with van der Waals surface area (Å²) >= 11 is 0. The first-order valence-corrected chi connectivity index (χ1v) is 6.26. The van der Waals surface area contributed by atoms with Gasteiger partial charge in [-0.3, -0.25) is 4.90 Å². The van der Waals surface area contributed by atoms with Gasteiger partial charge in [0, 0.05) is 24.5 Å². The number of urea groups is 1. The van der Waals surface area contributed by atoms with Crippen LogP contribution in [0, 0.1) is 0 Å². The molecule has 1 heterocycles. The number of carboxylic acid groups (broad SMARTS) is 1. The maximum Gasteiger partial charge on any atom is 0.326 e. The summed E-state index contributed by atoms with van der Waals surface area (Å²) in [7, 11) is 0. The molecule has 1 aromatic carbocycles. The molecule has 1 fully saturated rings. The van der Waals surface area contributed by atoms with Gasteiger partial charge in [-0.25, -0.2) is 9.59 Å². The second-order valence-electron chi connectivity index (χ2n) is 4.37. The smallest absolute Gasteiger partial charge is 0.326 e. The number of benzene rings is 1. The van der Waals surface area contributed by atoms with Crippen LogP contribution in [0.25, 0.3) is 0 Å². The van der Waals surface area contributed by atoms with Crippen molar-refractivity contribution in [1.82, 2.24) is 5.32 Å². The van der Waals surface area contributed by atoms with Crippen molar-refractivity contribution in [3.05, 3.63) is 24.3 Å². The van der Waals surface area contributed by atoms with Crippen molar-refractivity contribution in [3.8, 4) is 0 Å². The van der Waals surface area contributed by atoms with E-state index >= 15 is 0 Å². The lowest BCUT2D eigenvalue weighted by Crippen LogP contribution is -2.29. The molecule has 1 atom stereocenters. The van der Waals surface area contributed by atoms with Crippen LogP contribution in [-0.2, 0) is 4.79 Å². The molecule has 1 aliphatic heterocycles. The molecule has 0 radical (unpaired) electrons. The second-order valence-corrected chi connectivity index (χ2v) is 4.37. The lowest BCUT2D eigenvalue weighted by Gasteiger charge is -2.17. The second kappa shape index (κ2) is 5.60. The molecule has 102 valence electrons. The predicted octanol–water partition coefficient (Wildman–Crippen LogP) is 1.49. The number of amides is 2. The van der Waals surface area contributed by atoms with Crippen LogP contribution in [0.5, 0.6) is 0 Å². The Morgan fingerprint density at radius 1 is 1.47 bits per heavy atom. The number of carbonyl (C=O) groups is 2. The Kier molecular flexibility index (Phi) is 3.89. The Balaban J connectivity index is 2.06. The van der Waals surface area contributed by atoms with Crippen LogP contribution >= 0.6 is 0 Å². The topological polar surface area (TPSA) is 81.7 Å². The zero-order chi connectivity index (χ0) is 13.8. The molecule has 6 heteroatoms. The molecule has 3 N–H and O–H groups in total. The minimum absolute atomic E-state index is 0.0994. The summed E-state index contributed by atoms with van der Waals surface area (Å²) in [4.78, 5) is 24.1. The van der Waals surface area contributed by atoms with Crippen molar-refractivity contribution in [1.29, 1.82) is 0 Å². The Morgan fingerprint density at radius 3 is 2.63 bits per heavy atom. The minimum atomic E-state index is -0.870. The van der Waals surface area contributed by atoms with Crippen molar-refractivity contribution in [3.63, 3.8) is 0 Å². The first-order valence-electron chi connectivity index (χ1n) is 6.26. The Bertz CT molecular complexity index is 473. The van der Waals surface area contributed by atoms with E-state index < -0.39 is 12.0 Å². The summed E-state index contributed by atoms with van der Waals surface area (Å²) in [6, 6.07) is 6.49. The number of anilines is 2. The van der Waals surface area contributed by atoms with Gasteiger partial charge < -0.3 is 15.7 Å². The van der Waals surface area contributed by atoms with Gasteiger partial charge in [0.1, 0.15) is 6.04 Å². The Labute approximate surface area is 111 Å². The van der Waals surface area contributed by atoms with Crippen LogP contribution in [0.15, 0.2) is 24.3 Å². The molecule has 0 aliphatic carbocycles. The van der Waals surface area contributed by atoms with E-state index in [4.69, 9.17) is 5.11 Å². The van der Waals surface area contributed by atoms with Gasteiger partial charge in [-0.05, 0) is 30.7 Å². The highest BCUT2D eigenvalue weighted by atomic mass is 16.4. The fourth-order valence-corrected chi connectivity index (χ4v) is 2.00. The Hall–Kier alpha value is -2.24. The van der Waals surface area contributed by atoms with E-state index in [1.54, 1.807) is 17.0 Å². The van der Waals surface area contributed by atoms with Gasteiger partial charge in [-0.15, -0.1) is 0 Å². The number of hydrogen-bond donors (Lipinski definition) is 3. The zero-order valence-electron chi connectivity index (χ0n) is 10.7. The molecule has 1 unspecified atom stereocenters. The van der Waals surface area contributed by atoms with Crippen molar-refractivity contribution < 1.29 is 14.7 Å². The first kappa shape index (κ1) is 13.2. The average molecular weight is 263 g/mol. The van der Waals surface area contributed by atoms with Crippen LogP contribution < -0.4 is 15.5 Å². The van der Waals surface area contributed by atoms with E-state index in [2.05, 4.69) is 10.6 Å². The molecular weight excluding hydrogens is 246 g/mol. The number of rotatable bonds is 5. The number of nitrogens with one attached hydrogen (secondary N) is 2. The maximum absolute atomic E-state index is 11.5. The zero-order valence-corrected chi connectivity index (χ0v) is 10.7. The number of hydrogen-bond acceptors (Lipinski definition) is 3. The fraction of sp³-hybridized carbons (Fsp3) is 0.385. The molecule has 2 amide bonds. The van der Waals surface area contributed by atoms with Crippen LogP contribution in [-0.4, -0.2) is 36.2 Å². The van der Waals surface area contributed by atoms with Crippen molar-refractivity contribution in [2.24, 2.45) is 0 Å². The number of carbonyl (C=O) groups excluding carboxylic acids is 1. The van der Waals surface area contributed by atoms with Gasteiger partial charge in [0.2, 0.25) is 0 Å². The average Bonchev–Trinajstić information content (AvgIpc) is 2.82. The molecule has 1 aromatic rings. The third kappa shape index (κ3) is 2.96. The third-order valence-electron chi connectivity index (χ3n) is 3.08. The molecular formula is C13H17N3O3. The monoisotopic (exact) mass is 263 g/mol. The van der Waals surface area contributed by atoms with Gasteiger partial charge in [0.25, 0.3) is 0 Å². The lowest BCUT2D eigenvalue weighted by atomic mass is 10.2. The van der Waals surface area contributed by atoms with E-state index in [1.807, 2.05) is 19.1 Å². The summed E-state index contributed by atoms with van der Waals surface area (Å²) in [6.07, 6.45) is 0.506. The lowest BCUT2D eigenvalue weighted by molar-refractivity contribution is -0.137. The summed E-state index contributed by atoms with van der Waals surface area (Å²) in [5.41, 5.74) is 1.54. The predicted molar refractivity (Wildman–Crippen MR) is 72.5 cm³/mol. The maximum atomic E-state index is 11.5. The highest BCUT2D eigenvalue weighted by Gasteiger charge is 2.21. The van der Waals surface area contributed by atoms with Gasteiger partial charge in [0.15, 0.2) is 0 Å². The largest absolute Gasteiger partial charge is 0.480 e. The molecule has 19 heavy (non-hydrogen) atoms. The first-order chi connectivity index (χ1) is 9.11. The third-order valence-corrected chi connectivity index (χ3v) is 3.08. The van der Waals surface area contributed by atoms with Crippen LogP contribution in [0.3, 0.4) is 0 Å². The molecule has 2 rings (SSSR count). The molecule has 0 saturated carbocycles. The van der Waals surface area contributed by atoms with E-state index in [0.717, 1.165) is 11.4 Å². The number of nitrogens with zero attached hydrogens (tertiary/aromatic N) is 1. The quantitative estimate of drug-likeness (QED) is 0.751. The molecule has 6 nitrogen and oxygen atoms in total. The van der Waals surface area contributed by atoms with Crippen LogP contribution in [0.4, 0.5) is 16.2 Å². The molecule has 0 bridgehead atoms. The summed E-state index contributed by atoms with van der Waals surface area (Å²) < 4.78 is 0. The normalized spacial score (nSPS) is 16.1. The van der Waals surface area contributed by atoms with E-state index in [-0.39, 0.29) is 6.03 Å². The SMILES string of the molecule is CCC(Nc1ccc(N2CCNC2=O)cc1)C(=O)O. The van der Waals surface area contributed by atoms with E-state index in [0.29, 0.717) is 19.5 Å². The van der Waals surface area contributed by atoms with Crippen LogP contribution in [0.2, 0.25) is 0 Å². The van der Waals surface area contributed by atoms with Gasteiger partial charge >= 0.3 is 12.0 Å². The van der Waals surface area contributed by atoms with Gasteiger partial charge in [0.05, 0.1) is 0 Å². The van der Waals surface area contributed by atoms with Crippen molar-refractivity contribution in [2.75, 3.05) is 23.3 Å². The van der Waals surface area contributed by atoms with E-state index in [1.165, 1.54) is 0 Å². The highest BCUT2D eigenvalue weighted by molar-refractivity contribution is 5.94. The standard InChI is InChI=1S/C13H17N3O3/c1-2-11(12(17)18)15-9-3-5-10(6-4-9)16-8-7-14-13(16)19/h3-6,11,15H,2,7-8H2,1H3,(H,14,19)(H,17,18). The molecule has 1 saturated heterocycles. The molecule has 0 spiro atoms. The molecule has 0 aromatic heterocycles. The highest BCUT2D eigenvalue weighted by Crippen LogP contribution is 2.20. The van der Waals surface area contributed by atoms with Gasteiger partial charge in [-0.1, -0.05) is 6.92 Å². The van der Waals surface area contributed by atoms with Crippen molar-refractivity contribution >= 4 is 23.4 Å². The number of carboxylic acids is 1. The Morgan fingerprint density at radius 2 is 2.16 bits per heavy atom. The minimum Gasteiger partial charge on any atom is -0.480 e. The van der Waals surface area contributed by atoms with E-state index in [9.17, 15) is 9.59 Å². The van der Waals surface area contributed by atoms with Crippen molar-refractivity contribution in [2.45, 2.75) is 19.4 Å². The fourth-order valence-electron chi connectivity index (χ4n) is 2.00.